The van der Waals surface area contributed by atoms with Crippen LogP contribution in [0.2, 0.25) is 0 Å². The Balaban J connectivity index is 1.57. The number of carbonyl (C=O) groups excluding carboxylic acids is 1. The van der Waals surface area contributed by atoms with E-state index >= 15 is 4.39 Å². The van der Waals surface area contributed by atoms with Crippen LogP contribution in [-0.4, -0.2) is 60.2 Å². The number of amides is 1. The summed E-state index contributed by atoms with van der Waals surface area (Å²) in [6.45, 7) is 4.85. The molecule has 35 heavy (non-hydrogen) atoms. The molecule has 10 heteroatoms. The van der Waals surface area contributed by atoms with Crippen molar-refractivity contribution < 1.29 is 18.7 Å². The summed E-state index contributed by atoms with van der Waals surface area (Å²) >= 11 is 0. The number of benzene rings is 2. The van der Waals surface area contributed by atoms with Crippen LogP contribution in [0.15, 0.2) is 36.4 Å². The molecule has 1 aliphatic rings. The summed E-state index contributed by atoms with van der Waals surface area (Å²) in [4.78, 5) is 25.8. The van der Waals surface area contributed by atoms with Gasteiger partial charge in [-0.3, -0.25) is 4.79 Å². The van der Waals surface area contributed by atoms with Crippen molar-refractivity contribution in [1.29, 1.82) is 0 Å². The SMILES string of the molecule is COc1cc2c(N)nc(N3CC(C)N(C(=O)CC(N)c4ccccc4)CC3C)nc2c(F)c1OC. The minimum Gasteiger partial charge on any atom is -0.493 e. The van der Waals surface area contributed by atoms with E-state index in [-0.39, 0.29) is 53.3 Å². The van der Waals surface area contributed by atoms with Crippen molar-refractivity contribution in [2.45, 2.75) is 38.4 Å². The predicted molar refractivity (Wildman–Crippen MR) is 133 cm³/mol. The van der Waals surface area contributed by atoms with E-state index in [1.165, 1.54) is 14.2 Å². The largest absolute Gasteiger partial charge is 0.493 e. The zero-order valence-electron chi connectivity index (χ0n) is 20.4. The normalized spacial score (nSPS) is 19.0. The number of nitrogens with two attached hydrogens (primary N) is 2. The average Bonchev–Trinajstić information content (AvgIpc) is 2.85. The van der Waals surface area contributed by atoms with Crippen LogP contribution in [0.4, 0.5) is 16.2 Å². The Labute approximate surface area is 203 Å². The molecule has 1 saturated heterocycles. The Kier molecular flexibility index (Phi) is 6.93. The molecule has 1 aromatic heterocycles. The van der Waals surface area contributed by atoms with Crippen LogP contribution in [0.3, 0.4) is 0 Å². The Bertz CT molecular complexity index is 1230. The van der Waals surface area contributed by atoms with Crippen LogP contribution in [0.1, 0.15) is 31.9 Å². The van der Waals surface area contributed by atoms with Gasteiger partial charge in [-0.05, 0) is 25.5 Å². The van der Waals surface area contributed by atoms with Crippen molar-refractivity contribution in [2.24, 2.45) is 5.73 Å². The molecule has 0 saturated carbocycles. The first-order chi connectivity index (χ1) is 16.7. The molecule has 3 atom stereocenters. The van der Waals surface area contributed by atoms with E-state index in [4.69, 9.17) is 20.9 Å². The molecule has 0 radical (unpaired) electrons. The zero-order valence-corrected chi connectivity index (χ0v) is 20.4. The summed E-state index contributed by atoms with van der Waals surface area (Å²) < 4.78 is 25.6. The van der Waals surface area contributed by atoms with E-state index in [1.807, 2.05) is 54.0 Å². The fourth-order valence-electron chi connectivity index (χ4n) is 4.54. The highest BCUT2D eigenvalue weighted by Crippen LogP contribution is 2.38. The van der Waals surface area contributed by atoms with Crippen LogP contribution in [0, 0.1) is 5.82 Å². The number of aromatic nitrogens is 2. The Morgan fingerprint density at radius 1 is 1.14 bits per heavy atom. The lowest BCUT2D eigenvalue weighted by atomic mass is 10.0. The third kappa shape index (κ3) is 4.66. The van der Waals surface area contributed by atoms with Crippen molar-refractivity contribution >= 4 is 28.6 Å². The lowest BCUT2D eigenvalue weighted by molar-refractivity contribution is -0.134. The minimum atomic E-state index is -0.665. The number of nitrogen functional groups attached to an aromatic ring is 1. The molecule has 2 aromatic carbocycles. The number of piperazine rings is 1. The number of hydrogen-bond donors (Lipinski definition) is 2. The van der Waals surface area contributed by atoms with Gasteiger partial charge < -0.3 is 30.7 Å². The number of halogens is 1. The monoisotopic (exact) mass is 482 g/mol. The van der Waals surface area contributed by atoms with E-state index < -0.39 is 5.82 Å². The second-order valence-corrected chi connectivity index (χ2v) is 8.85. The van der Waals surface area contributed by atoms with Gasteiger partial charge >= 0.3 is 0 Å². The second-order valence-electron chi connectivity index (χ2n) is 8.85. The summed E-state index contributed by atoms with van der Waals surface area (Å²) in [5.41, 5.74) is 13.5. The van der Waals surface area contributed by atoms with Gasteiger partial charge in [0.2, 0.25) is 11.9 Å². The van der Waals surface area contributed by atoms with Crippen LogP contribution in [0.25, 0.3) is 10.9 Å². The fraction of sp³-hybridized carbons (Fsp3) is 0.400. The molecule has 186 valence electrons. The second kappa shape index (κ2) is 9.91. The van der Waals surface area contributed by atoms with E-state index in [0.29, 0.717) is 24.4 Å². The molecule has 4 rings (SSSR count). The quantitative estimate of drug-likeness (QED) is 0.550. The third-order valence-corrected chi connectivity index (χ3v) is 6.48. The molecule has 1 aliphatic heterocycles. The molecule has 0 spiro atoms. The highest BCUT2D eigenvalue weighted by atomic mass is 19.1. The van der Waals surface area contributed by atoms with E-state index in [1.54, 1.807) is 6.07 Å². The molecule has 0 bridgehead atoms. The van der Waals surface area contributed by atoms with E-state index in [0.717, 1.165) is 5.56 Å². The molecule has 9 nitrogen and oxygen atoms in total. The molecule has 1 fully saturated rings. The lowest BCUT2D eigenvalue weighted by Gasteiger charge is -2.44. The average molecular weight is 483 g/mol. The minimum absolute atomic E-state index is 0.0119. The van der Waals surface area contributed by atoms with E-state index in [9.17, 15) is 4.79 Å². The summed E-state index contributed by atoms with van der Waals surface area (Å²) in [5, 5.41) is 0.341. The van der Waals surface area contributed by atoms with Gasteiger partial charge in [0, 0.05) is 43.0 Å². The first-order valence-electron chi connectivity index (χ1n) is 11.5. The maximum absolute atomic E-state index is 15.2. The summed E-state index contributed by atoms with van der Waals surface area (Å²) in [5.74, 6) is -0.0756. The number of nitrogens with zero attached hydrogens (tertiary/aromatic N) is 4. The summed E-state index contributed by atoms with van der Waals surface area (Å²) in [6.07, 6.45) is 0.216. The molecule has 4 N–H and O–H groups in total. The van der Waals surface area contributed by atoms with Gasteiger partial charge in [0.25, 0.3) is 0 Å². The number of anilines is 2. The Morgan fingerprint density at radius 3 is 2.51 bits per heavy atom. The molecule has 3 aromatic rings. The summed E-state index contributed by atoms with van der Waals surface area (Å²) in [7, 11) is 2.78. The Morgan fingerprint density at radius 2 is 1.86 bits per heavy atom. The van der Waals surface area contributed by atoms with Gasteiger partial charge in [-0.2, -0.15) is 4.98 Å². The van der Waals surface area contributed by atoms with Crippen LogP contribution >= 0.6 is 0 Å². The molecule has 3 unspecified atom stereocenters. The van der Waals surface area contributed by atoms with E-state index in [2.05, 4.69) is 9.97 Å². The smallest absolute Gasteiger partial charge is 0.228 e. The van der Waals surface area contributed by atoms with Crippen molar-refractivity contribution in [3.8, 4) is 11.5 Å². The van der Waals surface area contributed by atoms with Crippen molar-refractivity contribution in [1.82, 2.24) is 14.9 Å². The zero-order chi connectivity index (χ0) is 25.3. The number of methoxy groups -OCH3 is 2. The van der Waals surface area contributed by atoms with Crippen LogP contribution in [0.5, 0.6) is 11.5 Å². The van der Waals surface area contributed by atoms with Crippen molar-refractivity contribution in [3.63, 3.8) is 0 Å². The molecule has 1 amide bonds. The molecular weight excluding hydrogens is 451 g/mol. The number of ether oxygens (including phenoxy) is 2. The van der Waals surface area contributed by atoms with Gasteiger partial charge in [0.1, 0.15) is 11.3 Å². The van der Waals surface area contributed by atoms with Gasteiger partial charge in [0.15, 0.2) is 17.3 Å². The topological polar surface area (TPSA) is 120 Å². The third-order valence-electron chi connectivity index (χ3n) is 6.48. The highest BCUT2D eigenvalue weighted by Gasteiger charge is 2.34. The number of fused-ring (bicyclic) bond motifs is 1. The van der Waals surface area contributed by atoms with Gasteiger partial charge in [-0.1, -0.05) is 30.3 Å². The van der Waals surface area contributed by atoms with Crippen LogP contribution < -0.4 is 25.8 Å². The maximum atomic E-state index is 15.2. The molecule has 2 heterocycles. The highest BCUT2D eigenvalue weighted by molar-refractivity contribution is 5.92. The van der Waals surface area contributed by atoms with Crippen molar-refractivity contribution in [2.75, 3.05) is 37.9 Å². The first-order valence-corrected chi connectivity index (χ1v) is 11.5. The first kappa shape index (κ1) is 24.5. The predicted octanol–water partition coefficient (Wildman–Crippen LogP) is 2.88. The fourth-order valence-corrected chi connectivity index (χ4v) is 4.54. The van der Waals surface area contributed by atoms with Crippen LogP contribution in [-0.2, 0) is 4.79 Å². The lowest BCUT2D eigenvalue weighted by Crippen LogP contribution is -2.58. The van der Waals surface area contributed by atoms with Gasteiger partial charge in [0.05, 0.1) is 14.2 Å². The number of rotatable bonds is 6. The summed E-state index contributed by atoms with van der Waals surface area (Å²) in [6, 6.07) is 10.5. The molecular formula is C25H31FN6O3. The van der Waals surface area contributed by atoms with Gasteiger partial charge in [-0.15, -0.1) is 0 Å². The Hall–Kier alpha value is -3.66. The van der Waals surface area contributed by atoms with Crippen molar-refractivity contribution in [3.05, 3.63) is 47.8 Å². The standard InChI is InChI=1S/C25H31FN6O3/c1-14-13-32(15(2)12-31(14)20(33)11-18(27)16-8-6-5-7-9-16)25-29-22-17(24(28)30-25)10-19(34-3)23(35-4)21(22)26/h5-10,14-15,18H,11-13,27H2,1-4H3,(H2,28,29,30). The van der Waals surface area contributed by atoms with Gasteiger partial charge in [-0.25, -0.2) is 9.37 Å². The number of hydrogen-bond acceptors (Lipinski definition) is 8. The maximum Gasteiger partial charge on any atom is 0.228 e. The number of carbonyl (C=O) groups is 1. The molecule has 0 aliphatic carbocycles.